The van der Waals surface area contributed by atoms with Crippen LogP contribution >= 0.6 is 23.4 Å². The molecule has 0 unspecified atom stereocenters. The van der Waals surface area contributed by atoms with Crippen LogP contribution in [0.4, 0.5) is 8.78 Å². The van der Waals surface area contributed by atoms with Crippen LogP contribution < -0.4 is 4.74 Å². The fraction of sp³-hybridized carbons (Fsp3) is 0.133. The summed E-state index contributed by atoms with van der Waals surface area (Å²) in [5.74, 6) is -1.02. The Hall–Kier alpha value is -1.59. The molecule has 0 aromatic heterocycles. The second-order valence-corrected chi connectivity index (χ2v) is 5.56. The largest absolute Gasteiger partial charge is 0.495 e. The van der Waals surface area contributed by atoms with Gasteiger partial charge in [-0.25, -0.2) is 8.78 Å². The van der Waals surface area contributed by atoms with E-state index in [0.717, 1.165) is 23.9 Å². The maximum atomic E-state index is 13.5. The third kappa shape index (κ3) is 3.95. The highest BCUT2D eigenvalue weighted by atomic mass is 35.5. The van der Waals surface area contributed by atoms with Crippen molar-refractivity contribution in [1.82, 2.24) is 0 Å². The van der Waals surface area contributed by atoms with Gasteiger partial charge in [0, 0.05) is 16.5 Å². The first-order chi connectivity index (χ1) is 10.0. The highest BCUT2D eigenvalue weighted by Crippen LogP contribution is 2.27. The van der Waals surface area contributed by atoms with Crippen molar-refractivity contribution in [2.75, 3.05) is 12.9 Å². The molecule has 2 nitrogen and oxygen atoms in total. The van der Waals surface area contributed by atoms with Gasteiger partial charge in [-0.15, -0.1) is 11.8 Å². The molecule has 2 rings (SSSR count). The van der Waals surface area contributed by atoms with Crippen LogP contribution in [0, 0.1) is 11.6 Å². The van der Waals surface area contributed by atoms with Crippen molar-refractivity contribution in [1.29, 1.82) is 0 Å². The van der Waals surface area contributed by atoms with Crippen molar-refractivity contribution >= 4 is 29.1 Å². The van der Waals surface area contributed by atoms with Crippen LogP contribution in [-0.2, 0) is 0 Å². The third-order valence-corrected chi connectivity index (χ3v) is 4.07. The highest BCUT2D eigenvalue weighted by molar-refractivity contribution is 8.00. The number of ether oxygens (including phenoxy) is 1. The number of carbonyl (C=O) groups excluding carboxylic acids is 1. The van der Waals surface area contributed by atoms with Crippen molar-refractivity contribution in [2.45, 2.75) is 4.90 Å². The lowest BCUT2D eigenvalue weighted by atomic mass is 10.1. The quantitative estimate of drug-likeness (QED) is 0.592. The molecule has 0 amide bonds. The molecular weight excluding hydrogens is 318 g/mol. The summed E-state index contributed by atoms with van der Waals surface area (Å²) in [5, 5.41) is 0.335. The summed E-state index contributed by atoms with van der Waals surface area (Å²) in [4.78, 5) is 12.3. The first kappa shape index (κ1) is 15.8. The summed E-state index contributed by atoms with van der Waals surface area (Å²) in [6.45, 7) is 0. The Morgan fingerprint density at radius 2 is 2.00 bits per heavy atom. The van der Waals surface area contributed by atoms with E-state index >= 15 is 0 Å². The van der Waals surface area contributed by atoms with E-state index in [0.29, 0.717) is 16.3 Å². The number of carbonyl (C=O) groups is 1. The Bertz CT molecular complexity index is 677. The Labute approximate surface area is 130 Å². The van der Waals surface area contributed by atoms with E-state index in [9.17, 15) is 13.6 Å². The molecule has 0 aliphatic rings. The van der Waals surface area contributed by atoms with E-state index in [1.54, 1.807) is 12.1 Å². The van der Waals surface area contributed by atoms with Crippen LogP contribution in [0.1, 0.15) is 10.4 Å². The van der Waals surface area contributed by atoms with Crippen LogP contribution in [0.2, 0.25) is 5.02 Å². The lowest BCUT2D eigenvalue weighted by molar-refractivity contribution is 0.102. The average Bonchev–Trinajstić information content (AvgIpc) is 2.46. The van der Waals surface area contributed by atoms with E-state index in [1.807, 2.05) is 0 Å². The molecule has 6 heteroatoms. The van der Waals surface area contributed by atoms with Crippen molar-refractivity contribution < 1.29 is 18.3 Å². The molecule has 110 valence electrons. The minimum atomic E-state index is -0.680. The van der Waals surface area contributed by atoms with Crippen molar-refractivity contribution in [2.24, 2.45) is 0 Å². The van der Waals surface area contributed by atoms with Crippen LogP contribution in [0.15, 0.2) is 41.3 Å². The Kier molecular flexibility index (Phi) is 5.20. The minimum absolute atomic E-state index is 0.0329. The van der Waals surface area contributed by atoms with Crippen molar-refractivity contribution in [3.05, 3.63) is 58.6 Å². The van der Waals surface area contributed by atoms with Gasteiger partial charge in [0.25, 0.3) is 0 Å². The summed E-state index contributed by atoms with van der Waals surface area (Å²) in [7, 11) is 1.48. The zero-order chi connectivity index (χ0) is 15.4. The molecule has 0 atom stereocenters. The maximum absolute atomic E-state index is 13.5. The molecule has 0 fully saturated rings. The smallest absolute Gasteiger partial charge is 0.173 e. The van der Waals surface area contributed by atoms with Gasteiger partial charge in [0.05, 0.1) is 17.9 Å². The predicted octanol–water partition coefficient (Wildman–Crippen LogP) is 4.60. The van der Waals surface area contributed by atoms with Gasteiger partial charge in [0.1, 0.15) is 17.4 Å². The molecule has 0 bridgehead atoms. The predicted molar refractivity (Wildman–Crippen MR) is 79.4 cm³/mol. The molecule has 0 spiro atoms. The van der Waals surface area contributed by atoms with Gasteiger partial charge < -0.3 is 4.74 Å². The molecular formula is C15H11ClF2O2S. The Balaban J connectivity index is 2.06. The SMILES string of the molecule is COc1ccc(C(=O)CSc2ccc(F)cc2F)cc1Cl. The van der Waals surface area contributed by atoms with Gasteiger partial charge in [-0.05, 0) is 30.3 Å². The van der Waals surface area contributed by atoms with Gasteiger partial charge in [-0.1, -0.05) is 11.6 Å². The summed E-state index contributed by atoms with van der Waals surface area (Å²) < 4.78 is 31.2. The molecule has 0 aliphatic heterocycles. The number of methoxy groups -OCH3 is 1. The van der Waals surface area contributed by atoms with Crippen LogP contribution in [-0.4, -0.2) is 18.6 Å². The number of halogens is 3. The zero-order valence-electron chi connectivity index (χ0n) is 11.0. The fourth-order valence-corrected chi connectivity index (χ4v) is 2.73. The Morgan fingerprint density at radius 1 is 1.24 bits per heavy atom. The molecule has 0 aliphatic carbocycles. The Morgan fingerprint density at radius 3 is 2.62 bits per heavy atom. The molecule has 0 N–H and O–H groups in total. The summed E-state index contributed by atoms with van der Waals surface area (Å²) in [5.41, 5.74) is 0.413. The second kappa shape index (κ2) is 6.91. The van der Waals surface area contributed by atoms with Crippen molar-refractivity contribution in [3.8, 4) is 5.75 Å². The molecule has 2 aromatic rings. The monoisotopic (exact) mass is 328 g/mol. The summed E-state index contributed by atoms with van der Waals surface area (Å²) in [6.07, 6.45) is 0. The number of hydrogen-bond donors (Lipinski definition) is 0. The molecule has 2 aromatic carbocycles. The fourth-order valence-electron chi connectivity index (χ4n) is 1.66. The molecule has 0 saturated heterocycles. The van der Waals surface area contributed by atoms with Crippen LogP contribution in [0.25, 0.3) is 0 Å². The first-order valence-corrected chi connectivity index (χ1v) is 7.32. The topological polar surface area (TPSA) is 26.3 Å². The van der Waals surface area contributed by atoms with E-state index < -0.39 is 11.6 Å². The van der Waals surface area contributed by atoms with Gasteiger partial charge >= 0.3 is 0 Å². The lowest BCUT2D eigenvalue weighted by Crippen LogP contribution is -2.03. The standard InChI is InChI=1S/C15H11ClF2O2S/c1-20-14-4-2-9(6-11(14)16)13(19)8-21-15-5-3-10(17)7-12(15)18/h2-7H,8H2,1H3. The summed E-state index contributed by atoms with van der Waals surface area (Å²) in [6, 6.07) is 7.94. The van der Waals surface area contributed by atoms with Gasteiger partial charge in [0.15, 0.2) is 5.78 Å². The van der Waals surface area contributed by atoms with E-state index in [2.05, 4.69) is 0 Å². The number of thioether (sulfide) groups is 1. The summed E-state index contributed by atoms with van der Waals surface area (Å²) >= 11 is 6.96. The number of rotatable bonds is 5. The lowest BCUT2D eigenvalue weighted by Gasteiger charge is -2.06. The number of benzene rings is 2. The molecule has 0 radical (unpaired) electrons. The van der Waals surface area contributed by atoms with Crippen LogP contribution in [0.5, 0.6) is 5.75 Å². The number of hydrogen-bond acceptors (Lipinski definition) is 3. The van der Waals surface area contributed by atoms with E-state index in [1.165, 1.54) is 19.2 Å². The minimum Gasteiger partial charge on any atom is -0.495 e. The normalized spacial score (nSPS) is 10.5. The van der Waals surface area contributed by atoms with Gasteiger partial charge in [-0.2, -0.15) is 0 Å². The average molecular weight is 329 g/mol. The molecule has 0 saturated carbocycles. The van der Waals surface area contributed by atoms with E-state index in [-0.39, 0.29) is 16.4 Å². The van der Waals surface area contributed by atoms with Gasteiger partial charge in [-0.3, -0.25) is 4.79 Å². The number of ketones is 1. The molecule has 0 heterocycles. The highest BCUT2D eigenvalue weighted by Gasteiger charge is 2.12. The maximum Gasteiger partial charge on any atom is 0.173 e. The zero-order valence-corrected chi connectivity index (χ0v) is 12.6. The molecule has 21 heavy (non-hydrogen) atoms. The second-order valence-electron chi connectivity index (χ2n) is 4.14. The first-order valence-electron chi connectivity index (χ1n) is 5.96. The number of Topliss-reactive ketones (excluding diaryl/α,β-unsaturated/α-hetero) is 1. The van der Waals surface area contributed by atoms with Gasteiger partial charge in [0.2, 0.25) is 0 Å². The van der Waals surface area contributed by atoms with E-state index in [4.69, 9.17) is 16.3 Å². The van der Waals surface area contributed by atoms with Crippen molar-refractivity contribution in [3.63, 3.8) is 0 Å². The third-order valence-electron chi connectivity index (χ3n) is 2.73. The van der Waals surface area contributed by atoms with Crippen LogP contribution in [0.3, 0.4) is 0 Å².